The molecule has 0 saturated heterocycles. The number of aryl methyl sites for hydroxylation is 1. The molecule has 0 fully saturated rings. The number of nitrogens with one attached hydrogen (secondary N) is 1. The summed E-state index contributed by atoms with van der Waals surface area (Å²) in [6, 6.07) is 2.16. The SMILES string of the molecule is CCCNC(Cc1nccn1CC)c1ccncn1. The number of imidazole rings is 1. The first kappa shape index (κ1) is 13.7. The third-order valence-corrected chi connectivity index (χ3v) is 3.13. The average molecular weight is 259 g/mol. The summed E-state index contributed by atoms with van der Waals surface area (Å²) in [7, 11) is 0. The fraction of sp³-hybridized carbons (Fsp3) is 0.500. The van der Waals surface area contributed by atoms with Crippen molar-refractivity contribution in [3.05, 3.63) is 42.5 Å². The highest BCUT2D eigenvalue weighted by atomic mass is 15.1. The molecule has 2 aromatic heterocycles. The van der Waals surface area contributed by atoms with Gasteiger partial charge in [0.25, 0.3) is 0 Å². The Morgan fingerprint density at radius 3 is 2.84 bits per heavy atom. The minimum atomic E-state index is 0.190. The topological polar surface area (TPSA) is 55.6 Å². The zero-order chi connectivity index (χ0) is 13.5. The number of hydrogen-bond donors (Lipinski definition) is 1. The summed E-state index contributed by atoms with van der Waals surface area (Å²) in [6.07, 6.45) is 9.21. The molecule has 2 aromatic rings. The molecule has 2 heterocycles. The maximum absolute atomic E-state index is 4.44. The molecule has 5 nitrogen and oxygen atoms in total. The normalized spacial score (nSPS) is 12.5. The van der Waals surface area contributed by atoms with Crippen LogP contribution in [-0.2, 0) is 13.0 Å². The molecular weight excluding hydrogens is 238 g/mol. The predicted molar refractivity (Wildman–Crippen MR) is 74.7 cm³/mol. The van der Waals surface area contributed by atoms with Crippen LogP contribution in [0.3, 0.4) is 0 Å². The van der Waals surface area contributed by atoms with E-state index in [4.69, 9.17) is 0 Å². The van der Waals surface area contributed by atoms with Gasteiger partial charge in [-0.2, -0.15) is 0 Å². The van der Waals surface area contributed by atoms with Crippen LogP contribution in [0, 0.1) is 0 Å². The van der Waals surface area contributed by atoms with Crippen molar-refractivity contribution >= 4 is 0 Å². The molecule has 0 radical (unpaired) electrons. The van der Waals surface area contributed by atoms with Crippen molar-refractivity contribution in [1.29, 1.82) is 0 Å². The summed E-state index contributed by atoms with van der Waals surface area (Å²) in [4.78, 5) is 12.8. The Labute approximate surface area is 114 Å². The Balaban J connectivity index is 2.14. The van der Waals surface area contributed by atoms with Gasteiger partial charge in [0.05, 0.1) is 11.7 Å². The molecule has 102 valence electrons. The Bertz CT molecular complexity index is 480. The van der Waals surface area contributed by atoms with E-state index in [1.165, 1.54) is 0 Å². The van der Waals surface area contributed by atoms with Gasteiger partial charge < -0.3 is 9.88 Å². The summed E-state index contributed by atoms with van der Waals surface area (Å²) in [5.74, 6) is 1.09. The number of nitrogens with zero attached hydrogens (tertiary/aromatic N) is 4. The molecule has 1 unspecified atom stereocenters. The maximum Gasteiger partial charge on any atom is 0.115 e. The second kappa shape index (κ2) is 6.99. The zero-order valence-corrected chi connectivity index (χ0v) is 11.6. The van der Waals surface area contributed by atoms with E-state index in [1.807, 2.05) is 18.5 Å². The van der Waals surface area contributed by atoms with Gasteiger partial charge >= 0.3 is 0 Å². The molecule has 0 saturated carbocycles. The highest BCUT2D eigenvalue weighted by Gasteiger charge is 2.15. The van der Waals surface area contributed by atoms with Gasteiger partial charge in [0.15, 0.2) is 0 Å². The first-order valence-corrected chi connectivity index (χ1v) is 6.84. The Hall–Kier alpha value is -1.75. The maximum atomic E-state index is 4.44. The first-order valence-electron chi connectivity index (χ1n) is 6.84. The van der Waals surface area contributed by atoms with E-state index in [1.54, 1.807) is 12.5 Å². The second-order valence-corrected chi connectivity index (χ2v) is 4.47. The molecule has 0 amide bonds. The van der Waals surface area contributed by atoms with Crippen molar-refractivity contribution in [3.63, 3.8) is 0 Å². The average Bonchev–Trinajstić information content (AvgIpc) is 2.91. The molecule has 0 bridgehead atoms. The summed E-state index contributed by atoms with van der Waals surface area (Å²) in [5.41, 5.74) is 1.02. The molecule has 1 atom stereocenters. The van der Waals surface area contributed by atoms with Crippen LogP contribution < -0.4 is 5.32 Å². The van der Waals surface area contributed by atoms with Crippen LogP contribution in [0.25, 0.3) is 0 Å². The summed E-state index contributed by atoms with van der Waals surface area (Å²) < 4.78 is 2.17. The predicted octanol–water partition coefficient (Wildman–Crippen LogP) is 1.98. The zero-order valence-electron chi connectivity index (χ0n) is 11.6. The van der Waals surface area contributed by atoms with E-state index >= 15 is 0 Å². The summed E-state index contributed by atoms with van der Waals surface area (Å²) in [6.45, 7) is 6.21. The Morgan fingerprint density at radius 1 is 1.26 bits per heavy atom. The highest BCUT2D eigenvalue weighted by Crippen LogP contribution is 2.15. The fourth-order valence-corrected chi connectivity index (χ4v) is 2.11. The lowest BCUT2D eigenvalue weighted by molar-refractivity contribution is 0.496. The molecule has 19 heavy (non-hydrogen) atoms. The molecule has 2 rings (SSSR count). The molecule has 0 aliphatic carbocycles. The summed E-state index contributed by atoms with van der Waals surface area (Å²) >= 11 is 0. The van der Waals surface area contributed by atoms with Gasteiger partial charge in [-0.25, -0.2) is 15.0 Å². The minimum absolute atomic E-state index is 0.190. The molecule has 0 spiro atoms. The lowest BCUT2D eigenvalue weighted by Gasteiger charge is -2.18. The van der Waals surface area contributed by atoms with Gasteiger partial charge in [-0.3, -0.25) is 0 Å². The minimum Gasteiger partial charge on any atom is -0.335 e. The van der Waals surface area contributed by atoms with E-state index in [0.717, 1.165) is 37.4 Å². The molecule has 0 aliphatic rings. The van der Waals surface area contributed by atoms with Gasteiger partial charge in [0.1, 0.15) is 12.2 Å². The summed E-state index contributed by atoms with van der Waals surface area (Å²) in [5, 5.41) is 3.53. The lowest BCUT2D eigenvalue weighted by Crippen LogP contribution is -2.26. The first-order chi connectivity index (χ1) is 9.35. The third-order valence-electron chi connectivity index (χ3n) is 3.13. The van der Waals surface area contributed by atoms with Crippen molar-refractivity contribution in [2.24, 2.45) is 0 Å². The van der Waals surface area contributed by atoms with Crippen molar-refractivity contribution in [3.8, 4) is 0 Å². The van der Waals surface area contributed by atoms with Gasteiger partial charge in [0, 0.05) is 31.6 Å². The van der Waals surface area contributed by atoms with Crippen molar-refractivity contribution in [1.82, 2.24) is 24.8 Å². The van der Waals surface area contributed by atoms with E-state index in [9.17, 15) is 0 Å². The van der Waals surface area contributed by atoms with Crippen LogP contribution in [0.5, 0.6) is 0 Å². The molecule has 5 heteroatoms. The number of rotatable bonds is 7. The van der Waals surface area contributed by atoms with Crippen molar-refractivity contribution in [2.45, 2.75) is 39.3 Å². The largest absolute Gasteiger partial charge is 0.335 e. The lowest BCUT2D eigenvalue weighted by atomic mass is 10.1. The molecule has 0 aromatic carbocycles. The van der Waals surface area contributed by atoms with Crippen molar-refractivity contribution in [2.75, 3.05) is 6.54 Å². The highest BCUT2D eigenvalue weighted by molar-refractivity contribution is 5.08. The van der Waals surface area contributed by atoms with Crippen LogP contribution in [0.4, 0.5) is 0 Å². The Morgan fingerprint density at radius 2 is 2.16 bits per heavy atom. The molecular formula is C14H21N5. The van der Waals surface area contributed by atoms with E-state index < -0.39 is 0 Å². The molecule has 0 aliphatic heterocycles. The fourth-order valence-electron chi connectivity index (χ4n) is 2.11. The smallest absolute Gasteiger partial charge is 0.115 e. The monoisotopic (exact) mass is 259 g/mol. The van der Waals surface area contributed by atoms with Gasteiger partial charge in [-0.15, -0.1) is 0 Å². The van der Waals surface area contributed by atoms with Gasteiger partial charge in [0.2, 0.25) is 0 Å². The Kier molecular flexibility index (Phi) is 5.03. The van der Waals surface area contributed by atoms with Crippen LogP contribution in [0.1, 0.15) is 37.8 Å². The van der Waals surface area contributed by atoms with Crippen LogP contribution >= 0.6 is 0 Å². The third kappa shape index (κ3) is 3.61. The van der Waals surface area contributed by atoms with E-state index in [0.29, 0.717) is 0 Å². The quantitative estimate of drug-likeness (QED) is 0.826. The van der Waals surface area contributed by atoms with Crippen molar-refractivity contribution < 1.29 is 0 Å². The van der Waals surface area contributed by atoms with Crippen LogP contribution in [-0.4, -0.2) is 26.1 Å². The second-order valence-electron chi connectivity index (χ2n) is 4.47. The van der Waals surface area contributed by atoms with Crippen LogP contribution in [0.2, 0.25) is 0 Å². The van der Waals surface area contributed by atoms with E-state index in [-0.39, 0.29) is 6.04 Å². The van der Waals surface area contributed by atoms with Crippen LogP contribution in [0.15, 0.2) is 31.0 Å². The van der Waals surface area contributed by atoms with Gasteiger partial charge in [-0.05, 0) is 26.0 Å². The number of hydrogen-bond acceptors (Lipinski definition) is 4. The van der Waals surface area contributed by atoms with E-state index in [2.05, 4.69) is 38.7 Å². The standard InChI is InChI=1S/C14H21N5/c1-3-6-16-13(12-5-7-15-11-18-12)10-14-17-8-9-19(14)4-2/h5,7-9,11,13,16H,3-4,6,10H2,1-2H3. The molecule has 1 N–H and O–H groups in total. The number of aromatic nitrogens is 4. The van der Waals surface area contributed by atoms with Gasteiger partial charge in [-0.1, -0.05) is 6.92 Å².